The summed E-state index contributed by atoms with van der Waals surface area (Å²) in [6.07, 6.45) is 0. The summed E-state index contributed by atoms with van der Waals surface area (Å²) in [6, 6.07) is 5.57. The van der Waals surface area contributed by atoms with Gasteiger partial charge in [0.05, 0.1) is 20.8 Å². The lowest BCUT2D eigenvalue weighted by Crippen LogP contribution is -2.18. The van der Waals surface area contributed by atoms with Gasteiger partial charge in [0.2, 0.25) is 0 Å². The number of carbonyl (C=O) groups excluding carboxylic acids is 1. The zero-order valence-electron chi connectivity index (χ0n) is 12.1. The number of esters is 1. The second kappa shape index (κ2) is 9.17. The first-order valence-corrected chi connectivity index (χ1v) is 6.27. The molecule has 0 amide bonds. The predicted octanol–water partition coefficient (Wildman–Crippen LogP) is 0.983. The van der Waals surface area contributed by atoms with Crippen molar-refractivity contribution in [3.8, 4) is 11.5 Å². The van der Waals surface area contributed by atoms with E-state index >= 15 is 0 Å². The third kappa shape index (κ3) is 5.46. The maximum Gasteiger partial charge on any atom is 0.343 e. The highest BCUT2D eigenvalue weighted by Gasteiger charge is 2.08. The van der Waals surface area contributed by atoms with E-state index in [1.165, 1.54) is 7.11 Å². The first-order chi connectivity index (χ1) is 9.71. The van der Waals surface area contributed by atoms with Crippen molar-refractivity contribution in [2.75, 3.05) is 41.1 Å². The van der Waals surface area contributed by atoms with Crippen LogP contribution in [-0.2, 0) is 20.8 Å². The lowest BCUT2D eigenvalue weighted by Gasteiger charge is -2.12. The van der Waals surface area contributed by atoms with E-state index in [9.17, 15) is 4.79 Å². The van der Waals surface area contributed by atoms with Crippen molar-refractivity contribution >= 4 is 5.97 Å². The smallest absolute Gasteiger partial charge is 0.343 e. The molecule has 6 heteroatoms. The third-order valence-corrected chi connectivity index (χ3v) is 2.61. The van der Waals surface area contributed by atoms with Crippen LogP contribution in [0.15, 0.2) is 18.2 Å². The molecule has 0 radical (unpaired) electrons. The number of nitrogens with one attached hydrogen (secondary N) is 1. The molecule has 0 atom stereocenters. The molecule has 1 rings (SSSR count). The summed E-state index contributed by atoms with van der Waals surface area (Å²) in [5.41, 5.74) is 1.03. The quantitative estimate of drug-likeness (QED) is 0.538. The zero-order chi connectivity index (χ0) is 14.8. The molecule has 0 fully saturated rings. The molecule has 20 heavy (non-hydrogen) atoms. The molecule has 0 saturated heterocycles. The average molecular weight is 283 g/mol. The van der Waals surface area contributed by atoms with E-state index in [1.807, 2.05) is 12.1 Å². The standard InChI is InChI=1S/C14H21NO5/c1-17-7-6-15-9-11-4-5-12(18-2)13(8-11)20-10-14(16)19-3/h4-5,8,15H,6-7,9-10H2,1-3H3. The molecular formula is C14H21NO5. The van der Waals surface area contributed by atoms with Gasteiger partial charge in [0, 0.05) is 20.2 Å². The molecule has 0 unspecified atom stereocenters. The van der Waals surface area contributed by atoms with Gasteiger partial charge in [-0.15, -0.1) is 0 Å². The third-order valence-electron chi connectivity index (χ3n) is 2.61. The lowest BCUT2D eigenvalue weighted by atomic mass is 10.2. The fraction of sp³-hybridized carbons (Fsp3) is 0.500. The van der Waals surface area contributed by atoms with Crippen molar-refractivity contribution in [2.24, 2.45) is 0 Å². The van der Waals surface area contributed by atoms with E-state index in [0.717, 1.165) is 12.1 Å². The van der Waals surface area contributed by atoms with Crippen LogP contribution in [0.25, 0.3) is 0 Å². The molecule has 1 aromatic rings. The Kier molecular flexibility index (Phi) is 7.46. The van der Waals surface area contributed by atoms with Crippen molar-refractivity contribution < 1.29 is 23.7 Å². The average Bonchev–Trinajstić information content (AvgIpc) is 2.49. The molecule has 0 bridgehead atoms. The largest absolute Gasteiger partial charge is 0.493 e. The summed E-state index contributed by atoms with van der Waals surface area (Å²) >= 11 is 0. The van der Waals surface area contributed by atoms with E-state index in [4.69, 9.17) is 14.2 Å². The first-order valence-electron chi connectivity index (χ1n) is 6.27. The predicted molar refractivity (Wildman–Crippen MR) is 74.1 cm³/mol. The molecule has 0 aliphatic heterocycles. The summed E-state index contributed by atoms with van der Waals surface area (Å²) in [5.74, 6) is 0.661. The minimum Gasteiger partial charge on any atom is -0.493 e. The number of methoxy groups -OCH3 is 3. The number of carbonyl (C=O) groups is 1. The van der Waals surface area contributed by atoms with Gasteiger partial charge in [-0.1, -0.05) is 6.07 Å². The Morgan fingerprint density at radius 3 is 2.65 bits per heavy atom. The van der Waals surface area contributed by atoms with Gasteiger partial charge in [-0.3, -0.25) is 0 Å². The summed E-state index contributed by atoms with van der Waals surface area (Å²) in [4.78, 5) is 11.1. The SMILES string of the molecule is COCCNCc1ccc(OC)c(OCC(=O)OC)c1. The minimum absolute atomic E-state index is 0.145. The van der Waals surface area contributed by atoms with Gasteiger partial charge in [0.1, 0.15) is 0 Å². The normalized spacial score (nSPS) is 10.2. The monoisotopic (exact) mass is 283 g/mol. The highest BCUT2D eigenvalue weighted by atomic mass is 16.6. The Morgan fingerprint density at radius 1 is 1.20 bits per heavy atom. The van der Waals surface area contributed by atoms with Gasteiger partial charge in [-0.05, 0) is 17.7 Å². The summed E-state index contributed by atoms with van der Waals surface area (Å²) in [5, 5.41) is 3.23. The van der Waals surface area contributed by atoms with Crippen LogP contribution in [0.5, 0.6) is 11.5 Å². The van der Waals surface area contributed by atoms with E-state index < -0.39 is 5.97 Å². The highest BCUT2D eigenvalue weighted by molar-refractivity contribution is 5.71. The van der Waals surface area contributed by atoms with Crippen molar-refractivity contribution in [3.63, 3.8) is 0 Å². The van der Waals surface area contributed by atoms with Gasteiger partial charge >= 0.3 is 5.97 Å². The van der Waals surface area contributed by atoms with Gasteiger partial charge in [0.15, 0.2) is 18.1 Å². The van der Waals surface area contributed by atoms with Crippen LogP contribution in [0.2, 0.25) is 0 Å². The van der Waals surface area contributed by atoms with Gasteiger partial charge in [0.25, 0.3) is 0 Å². The Balaban J connectivity index is 2.62. The molecule has 0 aliphatic rings. The molecule has 6 nitrogen and oxygen atoms in total. The Morgan fingerprint density at radius 2 is 2.00 bits per heavy atom. The molecule has 0 spiro atoms. The van der Waals surface area contributed by atoms with E-state index in [2.05, 4.69) is 10.1 Å². The van der Waals surface area contributed by atoms with E-state index in [1.54, 1.807) is 20.3 Å². The van der Waals surface area contributed by atoms with Crippen molar-refractivity contribution in [2.45, 2.75) is 6.54 Å². The number of hydrogen-bond donors (Lipinski definition) is 1. The van der Waals surface area contributed by atoms with E-state index in [-0.39, 0.29) is 6.61 Å². The van der Waals surface area contributed by atoms with Crippen LogP contribution in [0, 0.1) is 0 Å². The fourth-order valence-electron chi connectivity index (χ4n) is 1.55. The summed E-state index contributed by atoms with van der Waals surface area (Å²) in [6.45, 7) is 1.96. The highest BCUT2D eigenvalue weighted by Crippen LogP contribution is 2.28. The zero-order valence-corrected chi connectivity index (χ0v) is 12.1. The fourth-order valence-corrected chi connectivity index (χ4v) is 1.55. The van der Waals surface area contributed by atoms with Crippen LogP contribution in [0.3, 0.4) is 0 Å². The maximum atomic E-state index is 11.1. The van der Waals surface area contributed by atoms with Crippen LogP contribution >= 0.6 is 0 Å². The molecule has 0 saturated carbocycles. The second-order valence-corrected chi connectivity index (χ2v) is 4.02. The molecule has 112 valence electrons. The van der Waals surface area contributed by atoms with Gasteiger partial charge in [-0.25, -0.2) is 4.79 Å². The number of hydrogen-bond acceptors (Lipinski definition) is 6. The molecule has 0 aliphatic carbocycles. The Hall–Kier alpha value is -1.79. The molecule has 1 aromatic carbocycles. The molecule has 1 N–H and O–H groups in total. The second-order valence-electron chi connectivity index (χ2n) is 4.02. The van der Waals surface area contributed by atoms with E-state index in [0.29, 0.717) is 24.7 Å². The Labute approximate surface area is 119 Å². The number of benzene rings is 1. The number of ether oxygens (including phenoxy) is 4. The van der Waals surface area contributed by atoms with Gasteiger partial charge < -0.3 is 24.3 Å². The van der Waals surface area contributed by atoms with Crippen molar-refractivity contribution in [1.82, 2.24) is 5.32 Å². The summed E-state index contributed by atoms with van der Waals surface area (Å²) in [7, 11) is 4.53. The van der Waals surface area contributed by atoms with Crippen molar-refractivity contribution in [1.29, 1.82) is 0 Å². The summed E-state index contributed by atoms with van der Waals surface area (Å²) < 4.78 is 20.1. The minimum atomic E-state index is -0.435. The number of rotatable bonds is 9. The molecule has 0 heterocycles. The molecular weight excluding hydrogens is 262 g/mol. The first kappa shape index (κ1) is 16.3. The topological polar surface area (TPSA) is 66.0 Å². The van der Waals surface area contributed by atoms with Crippen LogP contribution in [0.1, 0.15) is 5.56 Å². The molecule has 0 aromatic heterocycles. The Bertz CT molecular complexity index is 422. The van der Waals surface area contributed by atoms with Crippen LogP contribution < -0.4 is 14.8 Å². The van der Waals surface area contributed by atoms with Crippen LogP contribution in [0.4, 0.5) is 0 Å². The lowest BCUT2D eigenvalue weighted by molar-refractivity contribution is -0.142. The maximum absolute atomic E-state index is 11.1. The van der Waals surface area contributed by atoms with Crippen LogP contribution in [-0.4, -0.2) is 47.1 Å². The van der Waals surface area contributed by atoms with Crippen molar-refractivity contribution in [3.05, 3.63) is 23.8 Å². The van der Waals surface area contributed by atoms with Gasteiger partial charge in [-0.2, -0.15) is 0 Å².